The van der Waals surface area contributed by atoms with Gasteiger partial charge < -0.3 is 15.6 Å². The van der Waals surface area contributed by atoms with E-state index in [0.717, 1.165) is 24.8 Å². The second-order valence-electron chi connectivity index (χ2n) is 5.47. The van der Waals surface area contributed by atoms with Crippen LogP contribution in [-0.2, 0) is 11.3 Å². The summed E-state index contributed by atoms with van der Waals surface area (Å²) in [5.41, 5.74) is 6.44. The first-order valence-electron chi connectivity index (χ1n) is 7.73. The lowest BCUT2D eigenvalue weighted by Gasteiger charge is -2.17. The van der Waals surface area contributed by atoms with E-state index >= 15 is 0 Å². The molecule has 0 aliphatic heterocycles. The van der Waals surface area contributed by atoms with Gasteiger partial charge in [0.05, 0.1) is 5.52 Å². The minimum absolute atomic E-state index is 0. The van der Waals surface area contributed by atoms with Crippen LogP contribution in [0.15, 0.2) is 41.3 Å². The molecule has 1 heterocycles. The van der Waals surface area contributed by atoms with Crippen LogP contribution in [0.3, 0.4) is 0 Å². The van der Waals surface area contributed by atoms with E-state index in [-0.39, 0.29) is 36.3 Å². The standard InChI is InChI=1S/C17H23N3O2.ClH/c1-2-3-6-13(11-18)19-17(22)12-20-10-9-16(21)14-7-4-5-8-15(14)20;/h4-5,7-10,13H,2-3,6,11-12,18H2,1H3,(H,19,22);1H. The van der Waals surface area contributed by atoms with Gasteiger partial charge in [-0.05, 0) is 18.6 Å². The number of amides is 1. The Morgan fingerprint density at radius 3 is 2.74 bits per heavy atom. The molecule has 1 atom stereocenters. The van der Waals surface area contributed by atoms with Crippen molar-refractivity contribution >= 4 is 29.2 Å². The Balaban J connectivity index is 0.00000264. The Bertz CT molecular complexity index is 700. The molecule has 0 saturated heterocycles. The van der Waals surface area contributed by atoms with Crippen molar-refractivity contribution in [3.63, 3.8) is 0 Å². The second-order valence-corrected chi connectivity index (χ2v) is 5.47. The predicted molar refractivity (Wildman–Crippen MR) is 96.0 cm³/mol. The van der Waals surface area contributed by atoms with Crippen LogP contribution >= 0.6 is 12.4 Å². The summed E-state index contributed by atoms with van der Waals surface area (Å²) in [6.45, 7) is 2.74. The molecule has 0 aliphatic carbocycles. The molecule has 6 heteroatoms. The van der Waals surface area contributed by atoms with Gasteiger partial charge in [0.25, 0.3) is 0 Å². The Morgan fingerprint density at radius 2 is 2.04 bits per heavy atom. The quantitative estimate of drug-likeness (QED) is 0.811. The number of nitrogens with one attached hydrogen (secondary N) is 1. The van der Waals surface area contributed by atoms with Crippen molar-refractivity contribution in [2.75, 3.05) is 6.54 Å². The van der Waals surface area contributed by atoms with Gasteiger partial charge in [0.1, 0.15) is 6.54 Å². The molecule has 0 bridgehead atoms. The van der Waals surface area contributed by atoms with Crippen LogP contribution < -0.4 is 16.5 Å². The van der Waals surface area contributed by atoms with Crippen LogP contribution in [0.2, 0.25) is 0 Å². The third-order valence-corrected chi connectivity index (χ3v) is 3.75. The number of carbonyl (C=O) groups is 1. The van der Waals surface area contributed by atoms with Crippen molar-refractivity contribution in [3.05, 3.63) is 46.8 Å². The number of para-hydroxylation sites is 1. The summed E-state index contributed by atoms with van der Waals surface area (Å²) in [5.74, 6) is -0.0830. The fraction of sp³-hybridized carbons (Fsp3) is 0.412. The molecule has 126 valence electrons. The summed E-state index contributed by atoms with van der Waals surface area (Å²) in [4.78, 5) is 24.0. The monoisotopic (exact) mass is 337 g/mol. The maximum atomic E-state index is 12.2. The van der Waals surface area contributed by atoms with Gasteiger partial charge in [-0.25, -0.2) is 0 Å². The average molecular weight is 338 g/mol. The van der Waals surface area contributed by atoms with E-state index < -0.39 is 0 Å². The molecule has 0 radical (unpaired) electrons. The molecule has 1 aromatic heterocycles. The fourth-order valence-electron chi connectivity index (χ4n) is 2.53. The first kappa shape index (κ1) is 19.2. The molecule has 1 aromatic carbocycles. The summed E-state index contributed by atoms with van der Waals surface area (Å²) in [6, 6.07) is 8.81. The normalized spacial score (nSPS) is 11.7. The zero-order valence-corrected chi connectivity index (χ0v) is 14.1. The Kier molecular flexibility index (Phi) is 7.78. The summed E-state index contributed by atoms with van der Waals surface area (Å²) >= 11 is 0. The summed E-state index contributed by atoms with van der Waals surface area (Å²) in [5, 5.41) is 3.59. The molecule has 1 amide bonds. The number of nitrogens with two attached hydrogens (primary N) is 1. The molecule has 5 nitrogen and oxygen atoms in total. The zero-order valence-electron chi connectivity index (χ0n) is 13.3. The minimum Gasteiger partial charge on any atom is -0.351 e. The maximum absolute atomic E-state index is 12.2. The highest BCUT2D eigenvalue weighted by atomic mass is 35.5. The van der Waals surface area contributed by atoms with E-state index in [9.17, 15) is 9.59 Å². The summed E-state index contributed by atoms with van der Waals surface area (Å²) < 4.78 is 1.79. The van der Waals surface area contributed by atoms with E-state index in [1.54, 1.807) is 16.8 Å². The molecule has 0 fully saturated rings. The molecular formula is C17H24ClN3O2. The molecular weight excluding hydrogens is 314 g/mol. The predicted octanol–water partition coefficient (Wildman–Crippen LogP) is 2.06. The minimum atomic E-state index is -0.0830. The third kappa shape index (κ3) is 5.08. The van der Waals surface area contributed by atoms with Crippen LogP contribution in [0.4, 0.5) is 0 Å². The van der Waals surface area contributed by atoms with Gasteiger partial charge in [-0.3, -0.25) is 9.59 Å². The number of aromatic nitrogens is 1. The fourth-order valence-corrected chi connectivity index (χ4v) is 2.53. The lowest BCUT2D eigenvalue weighted by Crippen LogP contribution is -2.41. The Hall–Kier alpha value is -1.85. The van der Waals surface area contributed by atoms with Gasteiger partial charge in [-0.1, -0.05) is 31.9 Å². The van der Waals surface area contributed by atoms with Gasteiger partial charge in [-0.15, -0.1) is 12.4 Å². The number of hydrogen-bond donors (Lipinski definition) is 2. The lowest BCUT2D eigenvalue weighted by atomic mass is 10.1. The molecule has 1 unspecified atom stereocenters. The number of rotatable bonds is 7. The van der Waals surface area contributed by atoms with Crippen LogP contribution in [0, 0.1) is 0 Å². The molecule has 0 aliphatic rings. The van der Waals surface area contributed by atoms with Crippen molar-refractivity contribution in [2.24, 2.45) is 5.73 Å². The van der Waals surface area contributed by atoms with E-state index in [2.05, 4.69) is 12.2 Å². The van der Waals surface area contributed by atoms with Crippen molar-refractivity contribution in [2.45, 2.75) is 38.8 Å². The smallest absolute Gasteiger partial charge is 0.240 e. The summed E-state index contributed by atoms with van der Waals surface area (Å²) in [6.07, 6.45) is 4.68. The van der Waals surface area contributed by atoms with Gasteiger partial charge in [-0.2, -0.15) is 0 Å². The number of fused-ring (bicyclic) bond motifs is 1. The second kappa shape index (κ2) is 9.33. The Labute approximate surface area is 142 Å². The van der Waals surface area contributed by atoms with Crippen LogP contribution in [-0.4, -0.2) is 23.1 Å². The number of unbranched alkanes of at least 4 members (excludes halogenated alkanes) is 1. The van der Waals surface area contributed by atoms with Gasteiger partial charge in [0.2, 0.25) is 5.91 Å². The van der Waals surface area contributed by atoms with E-state index in [1.165, 1.54) is 6.07 Å². The zero-order chi connectivity index (χ0) is 15.9. The highest BCUT2D eigenvalue weighted by Gasteiger charge is 2.11. The number of nitrogens with zero attached hydrogens (tertiary/aromatic N) is 1. The van der Waals surface area contributed by atoms with E-state index in [1.807, 2.05) is 18.2 Å². The van der Waals surface area contributed by atoms with Crippen molar-refractivity contribution < 1.29 is 4.79 Å². The number of carbonyl (C=O) groups excluding carboxylic acids is 1. The topological polar surface area (TPSA) is 77.1 Å². The molecule has 0 spiro atoms. The third-order valence-electron chi connectivity index (χ3n) is 3.75. The van der Waals surface area contributed by atoms with Crippen LogP contribution in [0.5, 0.6) is 0 Å². The number of pyridine rings is 1. The van der Waals surface area contributed by atoms with Crippen LogP contribution in [0.25, 0.3) is 10.9 Å². The van der Waals surface area contributed by atoms with E-state index in [4.69, 9.17) is 5.73 Å². The molecule has 23 heavy (non-hydrogen) atoms. The van der Waals surface area contributed by atoms with Gasteiger partial charge >= 0.3 is 0 Å². The van der Waals surface area contributed by atoms with Crippen LogP contribution in [0.1, 0.15) is 26.2 Å². The SMILES string of the molecule is CCCCC(CN)NC(=O)Cn1ccc(=O)c2ccccc21.Cl. The molecule has 3 N–H and O–H groups in total. The molecule has 2 aromatic rings. The first-order valence-corrected chi connectivity index (χ1v) is 7.73. The maximum Gasteiger partial charge on any atom is 0.240 e. The molecule has 2 rings (SSSR count). The Morgan fingerprint density at radius 1 is 1.30 bits per heavy atom. The van der Waals surface area contributed by atoms with Gasteiger partial charge in [0.15, 0.2) is 5.43 Å². The highest BCUT2D eigenvalue weighted by molar-refractivity contribution is 5.85. The van der Waals surface area contributed by atoms with Gasteiger partial charge in [0, 0.05) is 30.2 Å². The largest absolute Gasteiger partial charge is 0.351 e. The summed E-state index contributed by atoms with van der Waals surface area (Å²) in [7, 11) is 0. The number of halogens is 1. The lowest BCUT2D eigenvalue weighted by molar-refractivity contribution is -0.122. The van der Waals surface area contributed by atoms with Crippen molar-refractivity contribution in [1.82, 2.24) is 9.88 Å². The van der Waals surface area contributed by atoms with Crippen molar-refractivity contribution in [1.29, 1.82) is 0 Å². The van der Waals surface area contributed by atoms with E-state index in [0.29, 0.717) is 11.9 Å². The molecule has 0 saturated carbocycles. The number of benzene rings is 1. The number of hydrogen-bond acceptors (Lipinski definition) is 3. The highest BCUT2D eigenvalue weighted by Crippen LogP contribution is 2.09. The average Bonchev–Trinajstić information content (AvgIpc) is 2.54. The first-order chi connectivity index (χ1) is 10.7. The van der Waals surface area contributed by atoms with Crippen molar-refractivity contribution in [3.8, 4) is 0 Å².